The van der Waals surface area contributed by atoms with Crippen molar-refractivity contribution in [3.05, 3.63) is 0 Å². The molecule has 0 amide bonds. The summed E-state index contributed by atoms with van der Waals surface area (Å²) < 4.78 is 5.51. The molecule has 1 saturated heterocycles. The first-order valence-corrected chi connectivity index (χ1v) is 5.17. The summed E-state index contributed by atoms with van der Waals surface area (Å²) in [5.41, 5.74) is -1.47. The highest BCUT2D eigenvalue weighted by molar-refractivity contribution is 5.94. The van der Waals surface area contributed by atoms with Crippen molar-refractivity contribution in [2.24, 2.45) is 5.41 Å². The molecule has 0 spiro atoms. The fourth-order valence-corrected chi connectivity index (χ4v) is 1.88. The lowest BCUT2D eigenvalue weighted by molar-refractivity contribution is -0.115. The first-order chi connectivity index (χ1) is 7.38. The Morgan fingerprint density at radius 3 is 2.56 bits per heavy atom. The molecular formula is C13H16O3. The molecule has 86 valence electrons. The molecule has 0 aromatic heterocycles. The SMILES string of the molecule is C#CC(=O)CC[C@]1(C#C)OCC(C)(C)[C@H]1O. The summed E-state index contributed by atoms with van der Waals surface area (Å²) in [6, 6.07) is 0. The maximum Gasteiger partial charge on any atom is 0.205 e. The molecule has 1 aliphatic heterocycles. The molecule has 0 saturated carbocycles. The topological polar surface area (TPSA) is 46.5 Å². The van der Waals surface area contributed by atoms with Crippen molar-refractivity contribution in [3.8, 4) is 24.7 Å². The number of ketones is 1. The maximum atomic E-state index is 11.1. The van der Waals surface area contributed by atoms with Gasteiger partial charge in [0.05, 0.1) is 6.61 Å². The van der Waals surface area contributed by atoms with Crippen LogP contribution in [0.25, 0.3) is 0 Å². The van der Waals surface area contributed by atoms with Crippen LogP contribution < -0.4 is 0 Å². The van der Waals surface area contributed by atoms with Crippen LogP contribution in [0.1, 0.15) is 26.7 Å². The predicted molar refractivity (Wildman–Crippen MR) is 60.4 cm³/mol. The first kappa shape index (κ1) is 12.8. The average Bonchev–Trinajstić information content (AvgIpc) is 2.50. The zero-order valence-corrected chi connectivity index (χ0v) is 9.62. The normalized spacial score (nSPS) is 31.7. The maximum absolute atomic E-state index is 11.1. The zero-order valence-electron chi connectivity index (χ0n) is 9.62. The second kappa shape index (κ2) is 4.29. The Balaban J connectivity index is 2.79. The molecule has 0 aliphatic carbocycles. The number of terminal acetylenes is 2. The van der Waals surface area contributed by atoms with E-state index in [0.29, 0.717) is 6.61 Å². The Morgan fingerprint density at radius 2 is 2.19 bits per heavy atom. The second-order valence-corrected chi connectivity index (χ2v) is 4.78. The molecule has 1 fully saturated rings. The largest absolute Gasteiger partial charge is 0.388 e. The fourth-order valence-electron chi connectivity index (χ4n) is 1.88. The van der Waals surface area contributed by atoms with Crippen LogP contribution in [-0.2, 0) is 9.53 Å². The van der Waals surface area contributed by atoms with Crippen LogP contribution in [0.5, 0.6) is 0 Å². The molecule has 16 heavy (non-hydrogen) atoms. The highest BCUT2D eigenvalue weighted by Crippen LogP contribution is 2.41. The molecule has 3 heteroatoms. The summed E-state index contributed by atoms with van der Waals surface area (Å²) in [5.74, 6) is 4.17. The molecule has 0 aromatic rings. The van der Waals surface area contributed by atoms with Crippen LogP contribution in [0.3, 0.4) is 0 Å². The second-order valence-electron chi connectivity index (χ2n) is 4.78. The van der Waals surface area contributed by atoms with Crippen LogP contribution in [0.2, 0.25) is 0 Å². The third kappa shape index (κ3) is 2.11. The summed E-state index contributed by atoms with van der Waals surface area (Å²) in [4.78, 5) is 11.1. The molecule has 0 radical (unpaired) electrons. The van der Waals surface area contributed by atoms with Gasteiger partial charge in [-0.25, -0.2) is 0 Å². The van der Waals surface area contributed by atoms with Gasteiger partial charge in [0.1, 0.15) is 6.10 Å². The highest BCUT2D eigenvalue weighted by atomic mass is 16.5. The van der Waals surface area contributed by atoms with E-state index in [1.165, 1.54) is 0 Å². The monoisotopic (exact) mass is 220 g/mol. The smallest absolute Gasteiger partial charge is 0.205 e. The molecule has 1 rings (SSSR count). The van der Waals surface area contributed by atoms with E-state index in [1.54, 1.807) is 0 Å². The number of carbonyl (C=O) groups excluding carboxylic acids is 1. The lowest BCUT2D eigenvalue weighted by Gasteiger charge is -2.29. The lowest BCUT2D eigenvalue weighted by Crippen LogP contribution is -2.43. The van der Waals surface area contributed by atoms with E-state index in [4.69, 9.17) is 17.6 Å². The quantitative estimate of drug-likeness (QED) is 0.564. The summed E-state index contributed by atoms with van der Waals surface area (Å²) in [5, 5.41) is 10.1. The summed E-state index contributed by atoms with van der Waals surface area (Å²) >= 11 is 0. The Labute approximate surface area is 96.2 Å². The van der Waals surface area contributed by atoms with Gasteiger partial charge in [-0.1, -0.05) is 19.8 Å². The summed E-state index contributed by atoms with van der Waals surface area (Å²) in [6.07, 6.45) is 10.00. The van der Waals surface area contributed by atoms with Crippen molar-refractivity contribution in [2.45, 2.75) is 38.4 Å². The molecule has 2 atom stereocenters. The van der Waals surface area contributed by atoms with Crippen molar-refractivity contribution < 1.29 is 14.6 Å². The number of ether oxygens (including phenoxy) is 1. The van der Waals surface area contributed by atoms with E-state index < -0.39 is 17.1 Å². The molecule has 1 heterocycles. The number of aliphatic hydroxyl groups excluding tert-OH is 1. The van der Waals surface area contributed by atoms with E-state index in [1.807, 2.05) is 19.8 Å². The molecule has 1 aliphatic rings. The Hall–Kier alpha value is -1.29. The van der Waals surface area contributed by atoms with E-state index in [2.05, 4.69) is 5.92 Å². The molecule has 0 bridgehead atoms. The van der Waals surface area contributed by atoms with Gasteiger partial charge in [-0.05, 0) is 12.3 Å². The van der Waals surface area contributed by atoms with Crippen molar-refractivity contribution in [1.82, 2.24) is 0 Å². The summed E-state index contributed by atoms with van der Waals surface area (Å²) in [7, 11) is 0. The van der Waals surface area contributed by atoms with E-state index in [0.717, 1.165) is 0 Å². The number of hydrogen-bond acceptors (Lipinski definition) is 3. The number of Topliss-reactive ketones (excluding diaryl/α,β-unsaturated/α-hetero) is 1. The minimum atomic E-state index is -1.07. The number of aliphatic hydroxyl groups is 1. The molecule has 1 N–H and O–H groups in total. The van der Waals surface area contributed by atoms with Crippen LogP contribution in [0.4, 0.5) is 0 Å². The van der Waals surface area contributed by atoms with Gasteiger partial charge in [0, 0.05) is 11.8 Å². The third-order valence-electron chi connectivity index (χ3n) is 3.01. The fraction of sp³-hybridized carbons (Fsp3) is 0.615. The van der Waals surface area contributed by atoms with Crippen LogP contribution in [0, 0.1) is 30.1 Å². The minimum absolute atomic E-state index is 0.133. The first-order valence-electron chi connectivity index (χ1n) is 5.17. The third-order valence-corrected chi connectivity index (χ3v) is 3.01. The van der Waals surface area contributed by atoms with E-state index in [9.17, 15) is 9.90 Å². The standard InChI is InChI=1S/C13H16O3/c1-5-10(14)7-8-13(6-2)11(15)12(3,4)9-16-13/h1-2,11,15H,7-9H2,3-4H3/t11-,13+/m1/s1. The van der Waals surface area contributed by atoms with E-state index >= 15 is 0 Å². The van der Waals surface area contributed by atoms with Crippen LogP contribution >= 0.6 is 0 Å². The van der Waals surface area contributed by atoms with Crippen molar-refractivity contribution in [3.63, 3.8) is 0 Å². The van der Waals surface area contributed by atoms with Crippen LogP contribution in [0.15, 0.2) is 0 Å². The Kier molecular flexibility index (Phi) is 3.43. The van der Waals surface area contributed by atoms with Crippen LogP contribution in [-0.4, -0.2) is 29.2 Å². The van der Waals surface area contributed by atoms with Crippen molar-refractivity contribution in [1.29, 1.82) is 0 Å². The Morgan fingerprint density at radius 1 is 1.56 bits per heavy atom. The number of carbonyl (C=O) groups is 1. The molecule has 3 nitrogen and oxygen atoms in total. The van der Waals surface area contributed by atoms with Gasteiger partial charge >= 0.3 is 0 Å². The van der Waals surface area contributed by atoms with Gasteiger partial charge in [-0.15, -0.1) is 12.8 Å². The van der Waals surface area contributed by atoms with Gasteiger partial charge in [0.25, 0.3) is 0 Å². The van der Waals surface area contributed by atoms with Gasteiger partial charge in [0.15, 0.2) is 5.60 Å². The number of rotatable bonds is 3. The minimum Gasteiger partial charge on any atom is -0.388 e. The van der Waals surface area contributed by atoms with Gasteiger partial charge in [-0.2, -0.15) is 0 Å². The molecule has 0 unspecified atom stereocenters. The van der Waals surface area contributed by atoms with Gasteiger partial charge in [0.2, 0.25) is 5.78 Å². The van der Waals surface area contributed by atoms with Crippen molar-refractivity contribution >= 4 is 5.78 Å². The lowest BCUT2D eigenvalue weighted by atomic mass is 9.79. The van der Waals surface area contributed by atoms with Gasteiger partial charge < -0.3 is 9.84 Å². The zero-order chi connectivity index (χ0) is 12.4. The predicted octanol–water partition coefficient (Wildman–Crippen LogP) is 0.758. The average molecular weight is 220 g/mol. The molecular weight excluding hydrogens is 204 g/mol. The van der Waals surface area contributed by atoms with Gasteiger partial charge in [-0.3, -0.25) is 4.79 Å². The summed E-state index contributed by atoms with van der Waals surface area (Å²) in [6.45, 7) is 4.13. The molecule has 0 aromatic carbocycles. The number of hydrogen-bond donors (Lipinski definition) is 1. The van der Waals surface area contributed by atoms with Crippen molar-refractivity contribution in [2.75, 3.05) is 6.61 Å². The Bertz CT molecular complexity index is 370. The van der Waals surface area contributed by atoms with E-state index in [-0.39, 0.29) is 18.6 Å². The highest BCUT2D eigenvalue weighted by Gasteiger charge is 2.52.